The second-order valence-corrected chi connectivity index (χ2v) is 5.37. The third-order valence-corrected chi connectivity index (χ3v) is 3.67. The maximum Gasteiger partial charge on any atom is 0.130 e. The zero-order valence-corrected chi connectivity index (χ0v) is 11.4. The Balaban J connectivity index is 1.85. The van der Waals surface area contributed by atoms with Gasteiger partial charge in [-0.15, -0.1) is 23.1 Å². The quantitative estimate of drug-likeness (QED) is 0.666. The summed E-state index contributed by atoms with van der Waals surface area (Å²) in [4.78, 5) is 12.7. The van der Waals surface area contributed by atoms with Gasteiger partial charge in [0, 0.05) is 24.4 Å². The topological polar surface area (TPSA) is 50.7 Å². The summed E-state index contributed by atoms with van der Waals surface area (Å²) in [5, 5.41) is 7.47. The lowest BCUT2D eigenvalue weighted by molar-refractivity contribution is 0.948. The minimum atomic E-state index is 0.841. The zero-order chi connectivity index (χ0) is 12.1. The summed E-state index contributed by atoms with van der Waals surface area (Å²) in [5.41, 5.74) is 1.14. The molecule has 0 aliphatic heterocycles. The fourth-order valence-electron chi connectivity index (χ4n) is 1.39. The molecule has 2 aromatic heterocycles. The second-order valence-electron chi connectivity index (χ2n) is 3.48. The predicted molar refractivity (Wildman–Crippen MR) is 72.9 cm³/mol. The number of aryl methyl sites for hydroxylation is 1. The first-order valence-corrected chi connectivity index (χ1v) is 7.39. The molecule has 0 atom stereocenters. The molecule has 0 aromatic carbocycles. The maximum atomic E-state index is 4.42. The van der Waals surface area contributed by atoms with Crippen LogP contribution in [0.4, 0.5) is 5.82 Å². The van der Waals surface area contributed by atoms with Gasteiger partial charge in [0.2, 0.25) is 0 Å². The number of hydrogen-bond donors (Lipinski definition) is 1. The molecule has 0 aliphatic rings. The lowest BCUT2D eigenvalue weighted by Crippen LogP contribution is -2.06. The molecule has 0 bridgehead atoms. The van der Waals surface area contributed by atoms with E-state index in [1.807, 2.05) is 19.2 Å². The van der Waals surface area contributed by atoms with Gasteiger partial charge in [-0.3, -0.25) is 0 Å². The normalized spacial score (nSPS) is 10.5. The van der Waals surface area contributed by atoms with Crippen LogP contribution in [0.3, 0.4) is 0 Å². The predicted octanol–water partition coefficient (Wildman–Crippen LogP) is 2.62. The van der Waals surface area contributed by atoms with Crippen LogP contribution in [0.2, 0.25) is 0 Å². The van der Waals surface area contributed by atoms with E-state index in [4.69, 9.17) is 0 Å². The molecule has 0 aliphatic carbocycles. The molecule has 90 valence electrons. The number of nitrogens with zero attached hydrogens (tertiary/aromatic N) is 3. The molecule has 2 aromatic rings. The van der Waals surface area contributed by atoms with Crippen molar-refractivity contribution in [3.05, 3.63) is 28.5 Å². The van der Waals surface area contributed by atoms with Gasteiger partial charge in [0.15, 0.2) is 0 Å². The Morgan fingerprint density at radius 3 is 3.00 bits per heavy atom. The maximum absolute atomic E-state index is 4.42. The number of aromatic nitrogens is 3. The number of anilines is 1. The monoisotopic (exact) mass is 266 g/mol. The van der Waals surface area contributed by atoms with Crippen LogP contribution in [0.1, 0.15) is 10.7 Å². The Bertz CT molecular complexity index is 484. The highest BCUT2D eigenvalue weighted by atomic mass is 32.2. The fourth-order valence-corrected chi connectivity index (χ4v) is 2.42. The minimum Gasteiger partial charge on any atom is -0.370 e. The Morgan fingerprint density at radius 1 is 1.41 bits per heavy atom. The van der Waals surface area contributed by atoms with Gasteiger partial charge in [-0.05, 0) is 13.2 Å². The molecule has 0 unspecified atom stereocenters. The van der Waals surface area contributed by atoms with Gasteiger partial charge in [0.25, 0.3) is 0 Å². The van der Waals surface area contributed by atoms with Crippen LogP contribution >= 0.6 is 23.1 Å². The van der Waals surface area contributed by atoms with E-state index in [9.17, 15) is 0 Å². The van der Waals surface area contributed by atoms with Gasteiger partial charge in [-0.2, -0.15) is 0 Å². The van der Waals surface area contributed by atoms with Gasteiger partial charge in [0.05, 0.1) is 10.7 Å². The third-order valence-electron chi connectivity index (χ3n) is 2.20. The van der Waals surface area contributed by atoms with Crippen molar-refractivity contribution in [3.8, 4) is 0 Å². The van der Waals surface area contributed by atoms with Gasteiger partial charge < -0.3 is 5.32 Å². The molecule has 0 saturated heterocycles. The van der Waals surface area contributed by atoms with E-state index in [2.05, 4.69) is 25.6 Å². The minimum absolute atomic E-state index is 0.841. The van der Waals surface area contributed by atoms with Gasteiger partial charge in [-0.25, -0.2) is 15.0 Å². The number of rotatable bonds is 5. The second kappa shape index (κ2) is 5.97. The first-order chi connectivity index (χ1) is 8.28. The Morgan fingerprint density at radius 2 is 2.29 bits per heavy atom. The summed E-state index contributed by atoms with van der Waals surface area (Å²) in [7, 11) is 0. The van der Waals surface area contributed by atoms with E-state index >= 15 is 0 Å². The number of nitrogens with one attached hydrogen (secondary N) is 1. The summed E-state index contributed by atoms with van der Waals surface area (Å²) in [6.07, 6.45) is 4.51. The summed E-state index contributed by atoms with van der Waals surface area (Å²) >= 11 is 3.30. The van der Waals surface area contributed by atoms with Crippen LogP contribution < -0.4 is 5.32 Å². The molecular formula is C11H14N4S2. The van der Waals surface area contributed by atoms with E-state index in [0.717, 1.165) is 34.5 Å². The number of hydrogen-bond acceptors (Lipinski definition) is 6. The van der Waals surface area contributed by atoms with Crippen molar-refractivity contribution in [2.24, 2.45) is 0 Å². The highest BCUT2D eigenvalue weighted by molar-refractivity contribution is 7.98. The fraction of sp³-hybridized carbons (Fsp3) is 0.364. The molecule has 0 spiro atoms. The molecule has 17 heavy (non-hydrogen) atoms. The van der Waals surface area contributed by atoms with E-state index in [0.29, 0.717) is 0 Å². The first kappa shape index (κ1) is 12.3. The van der Waals surface area contributed by atoms with Crippen LogP contribution in [0.15, 0.2) is 22.8 Å². The molecule has 0 radical (unpaired) electrons. The summed E-state index contributed by atoms with van der Waals surface area (Å²) in [6.45, 7) is 2.87. The van der Waals surface area contributed by atoms with Crippen molar-refractivity contribution in [2.45, 2.75) is 18.4 Å². The van der Waals surface area contributed by atoms with Gasteiger partial charge in [0.1, 0.15) is 17.2 Å². The average molecular weight is 266 g/mol. The molecule has 1 N–H and O–H groups in total. The molecule has 0 amide bonds. The molecule has 2 heterocycles. The molecule has 2 rings (SSSR count). The van der Waals surface area contributed by atoms with E-state index in [-0.39, 0.29) is 0 Å². The van der Waals surface area contributed by atoms with Crippen molar-refractivity contribution >= 4 is 28.9 Å². The molecule has 4 nitrogen and oxygen atoms in total. The Kier molecular flexibility index (Phi) is 4.33. The standard InChI is InChI=1S/C11H14N4S2/c1-8-15-9(6-17-8)3-4-12-10-5-11(16-2)14-7-13-10/h5-7H,3-4H2,1-2H3,(H,12,13,14). The summed E-state index contributed by atoms with van der Waals surface area (Å²) < 4.78 is 0. The van der Waals surface area contributed by atoms with Gasteiger partial charge in [-0.1, -0.05) is 0 Å². The van der Waals surface area contributed by atoms with Crippen molar-refractivity contribution < 1.29 is 0 Å². The Hall–Kier alpha value is -1.14. The van der Waals surface area contributed by atoms with Crippen molar-refractivity contribution in [3.63, 3.8) is 0 Å². The highest BCUT2D eigenvalue weighted by Gasteiger charge is 2.00. The van der Waals surface area contributed by atoms with Crippen LogP contribution in [-0.2, 0) is 6.42 Å². The average Bonchev–Trinajstić information content (AvgIpc) is 2.75. The van der Waals surface area contributed by atoms with Gasteiger partial charge >= 0.3 is 0 Å². The summed E-state index contributed by atoms with van der Waals surface area (Å²) in [6, 6.07) is 1.96. The van der Waals surface area contributed by atoms with Crippen molar-refractivity contribution in [2.75, 3.05) is 18.1 Å². The third kappa shape index (κ3) is 3.67. The van der Waals surface area contributed by atoms with Crippen molar-refractivity contribution in [1.82, 2.24) is 15.0 Å². The molecule has 0 saturated carbocycles. The molecule has 6 heteroatoms. The van der Waals surface area contributed by atoms with E-state index < -0.39 is 0 Å². The first-order valence-electron chi connectivity index (χ1n) is 5.29. The van der Waals surface area contributed by atoms with Crippen LogP contribution in [0, 0.1) is 6.92 Å². The smallest absolute Gasteiger partial charge is 0.130 e. The number of thiazole rings is 1. The van der Waals surface area contributed by atoms with Crippen LogP contribution in [-0.4, -0.2) is 27.8 Å². The largest absolute Gasteiger partial charge is 0.370 e. The lowest BCUT2D eigenvalue weighted by Gasteiger charge is -2.04. The van der Waals surface area contributed by atoms with Crippen LogP contribution in [0.25, 0.3) is 0 Å². The van der Waals surface area contributed by atoms with Crippen molar-refractivity contribution in [1.29, 1.82) is 0 Å². The summed E-state index contributed by atoms with van der Waals surface area (Å²) in [5.74, 6) is 0.872. The van der Waals surface area contributed by atoms with E-state index in [1.54, 1.807) is 29.4 Å². The lowest BCUT2D eigenvalue weighted by atomic mass is 10.3. The highest BCUT2D eigenvalue weighted by Crippen LogP contribution is 2.14. The van der Waals surface area contributed by atoms with E-state index in [1.165, 1.54) is 0 Å². The van der Waals surface area contributed by atoms with Crippen LogP contribution in [0.5, 0.6) is 0 Å². The molecular weight excluding hydrogens is 252 g/mol. The Labute approximate surface area is 109 Å². The molecule has 0 fully saturated rings. The zero-order valence-electron chi connectivity index (χ0n) is 9.80. The SMILES string of the molecule is CSc1cc(NCCc2csc(C)n2)ncn1. The number of thioether (sulfide) groups is 1.